The molecule has 1 aliphatic heterocycles. The van der Waals surface area contributed by atoms with Crippen LogP contribution in [0.15, 0.2) is 24.3 Å². The van der Waals surface area contributed by atoms with Crippen molar-refractivity contribution in [3.63, 3.8) is 0 Å². The van der Waals surface area contributed by atoms with Crippen molar-refractivity contribution in [1.82, 2.24) is 4.90 Å². The number of hydrogen-bond donors (Lipinski definition) is 1. The number of carbonyl (C=O) groups excluding carboxylic acids is 1. The van der Waals surface area contributed by atoms with Gasteiger partial charge in [-0.15, -0.1) is 0 Å². The van der Waals surface area contributed by atoms with E-state index in [9.17, 15) is 4.79 Å². The molecule has 4 nitrogen and oxygen atoms in total. The number of ether oxygens (including phenoxy) is 1. The summed E-state index contributed by atoms with van der Waals surface area (Å²) in [4.78, 5) is 14.6. The van der Waals surface area contributed by atoms with Gasteiger partial charge < -0.3 is 15.4 Å². The Morgan fingerprint density at radius 1 is 1.32 bits per heavy atom. The summed E-state index contributed by atoms with van der Waals surface area (Å²) in [5.41, 5.74) is 7.19. The highest BCUT2D eigenvalue weighted by Crippen LogP contribution is 2.33. The van der Waals surface area contributed by atoms with Gasteiger partial charge in [0, 0.05) is 18.5 Å². The number of rotatable bonds is 3. The average molecular weight is 304 g/mol. The Bertz CT molecular complexity index is 519. The fraction of sp³-hybridized carbons (Fsp3) is 0.611. The van der Waals surface area contributed by atoms with E-state index in [0.29, 0.717) is 5.92 Å². The van der Waals surface area contributed by atoms with Crippen molar-refractivity contribution >= 4 is 5.91 Å². The summed E-state index contributed by atoms with van der Waals surface area (Å²) >= 11 is 0. The van der Waals surface area contributed by atoms with Crippen LogP contribution in [-0.4, -0.2) is 36.5 Å². The first-order chi connectivity index (χ1) is 10.2. The maximum Gasteiger partial charge on any atom is 0.240 e. The molecule has 1 aliphatic rings. The van der Waals surface area contributed by atoms with Gasteiger partial charge in [0.2, 0.25) is 5.91 Å². The molecular formula is C18H28N2O2. The number of nitrogens with two attached hydrogens (primary N) is 1. The first-order valence-corrected chi connectivity index (χ1v) is 7.94. The Labute approximate surface area is 133 Å². The van der Waals surface area contributed by atoms with Gasteiger partial charge >= 0.3 is 0 Å². The molecule has 1 heterocycles. The Morgan fingerprint density at radius 3 is 2.41 bits per heavy atom. The van der Waals surface area contributed by atoms with Crippen molar-refractivity contribution in [2.75, 3.05) is 13.7 Å². The van der Waals surface area contributed by atoms with Crippen molar-refractivity contribution in [3.8, 4) is 5.75 Å². The third kappa shape index (κ3) is 3.43. The van der Waals surface area contributed by atoms with Crippen LogP contribution in [0.2, 0.25) is 0 Å². The van der Waals surface area contributed by atoms with Gasteiger partial charge in [0.25, 0.3) is 0 Å². The minimum Gasteiger partial charge on any atom is -0.497 e. The van der Waals surface area contributed by atoms with Crippen molar-refractivity contribution in [1.29, 1.82) is 0 Å². The van der Waals surface area contributed by atoms with Gasteiger partial charge in [0.15, 0.2) is 0 Å². The number of nitrogens with zero attached hydrogens (tertiary/aromatic N) is 1. The molecule has 2 N–H and O–H groups in total. The minimum absolute atomic E-state index is 0.0658. The fourth-order valence-corrected chi connectivity index (χ4v) is 3.00. The van der Waals surface area contributed by atoms with Crippen LogP contribution >= 0.6 is 0 Å². The molecule has 0 unspecified atom stereocenters. The van der Waals surface area contributed by atoms with Crippen molar-refractivity contribution in [2.45, 2.75) is 52.1 Å². The largest absolute Gasteiger partial charge is 0.497 e. The van der Waals surface area contributed by atoms with E-state index in [4.69, 9.17) is 10.5 Å². The zero-order valence-electron chi connectivity index (χ0n) is 14.3. The second-order valence-corrected chi connectivity index (χ2v) is 7.39. The average Bonchev–Trinajstić information content (AvgIpc) is 2.87. The van der Waals surface area contributed by atoms with Crippen LogP contribution in [0, 0.1) is 5.41 Å². The summed E-state index contributed by atoms with van der Waals surface area (Å²) in [5.74, 6) is 1.30. The SMILES string of the molecule is COc1ccc([C@H]2C[C@@H](C)N(C(=O)[C@@H](N)C(C)(C)C)C2)cc1. The molecule has 0 spiro atoms. The molecule has 0 aromatic heterocycles. The van der Waals surface area contributed by atoms with Crippen molar-refractivity contribution < 1.29 is 9.53 Å². The van der Waals surface area contributed by atoms with Crippen LogP contribution in [0.3, 0.4) is 0 Å². The zero-order valence-corrected chi connectivity index (χ0v) is 14.3. The molecular weight excluding hydrogens is 276 g/mol. The van der Waals surface area contributed by atoms with Crippen LogP contribution in [0.4, 0.5) is 0 Å². The maximum atomic E-state index is 12.7. The zero-order chi connectivity index (χ0) is 16.5. The summed E-state index contributed by atoms with van der Waals surface area (Å²) in [5, 5.41) is 0. The van der Waals surface area contributed by atoms with Crippen molar-refractivity contribution in [2.24, 2.45) is 11.1 Å². The smallest absolute Gasteiger partial charge is 0.240 e. The molecule has 0 saturated carbocycles. The van der Waals surface area contributed by atoms with Gasteiger partial charge in [-0.2, -0.15) is 0 Å². The Morgan fingerprint density at radius 2 is 1.91 bits per heavy atom. The van der Waals surface area contributed by atoms with Crippen LogP contribution in [0.25, 0.3) is 0 Å². The molecule has 1 aromatic carbocycles. The van der Waals surface area contributed by atoms with Gasteiger partial charge in [0.1, 0.15) is 5.75 Å². The van der Waals surface area contributed by atoms with Crippen molar-refractivity contribution in [3.05, 3.63) is 29.8 Å². The molecule has 4 heteroatoms. The normalized spacial score (nSPS) is 23.5. The van der Waals surface area contributed by atoms with Gasteiger partial charge in [-0.1, -0.05) is 32.9 Å². The third-order valence-electron chi connectivity index (χ3n) is 4.64. The third-order valence-corrected chi connectivity index (χ3v) is 4.64. The molecule has 1 aromatic rings. The second kappa shape index (κ2) is 6.29. The predicted molar refractivity (Wildman–Crippen MR) is 89.0 cm³/mol. The molecule has 1 amide bonds. The molecule has 1 saturated heterocycles. The van der Waals surface area contributed by atoms with Gasteiger partial charge in [-0.25, -0.2) is 0 Å². The monoisotopic (exact) mass is 304 g/mol. The number of carbonyl (C=O) groups is 1. The van der Waals surface area contributed by atoms with E-state index >= 15 is 0 Å². The lowest BCUT2D eigenvalue weighted by Gasteiger charge is -2.32. The first-order valence-electron chi connectivity index (χ1n) is 7.94. The predicted octanol–water partition coefficient (Wildman–Crippen LogP) is 2.77. The van der Waals surface area contributed by atoms with Crippen LogP contribution in [-0.2, 0) is 4.79 Å². The quantitative estimate of drug-likeness (QED) is 0.934. The Hall–Kier alpha value is -1.55. The lowest BCUT2D eigenvalue weighted by atomic mass is 9.86. The highest BCUT2D eigenvalue weighted by atomic mass is 16.5. The Kier molecular flexibility index (Phi) is 4.81. The molecule has 1 fully saturated rings. The number of hydrogen-bond acceptors (Lipinski definition) is 3. The number of methoxy groups -OCH3 is 1. The fourth-order valence-electron chi connectivity index (χ4n) is 3.00. The molecule has 0 aliphatic carbocycles. The highest BCUT2D eigenvalue weighted by Gasteiger charge is 2.38. The molecule has 22 heavy (non-hydrogen) atoms. The maximum absolute atomic E-state index is 12.7. The summed E-state index contributed by atoms with van der Waals surface area (Å²) in [6.45, 7) is 8.89. The summed E-state index contributed by atoms with van der Waals surface area (Å²) in [6, 6.07) is 7.91. The number of benzene rings is 1. The van der Waals surface area contributed by atoms with Gasteiger partial charge in [-0.3, -0.25) is 4.79 Å². The van der Waals surface area contributed by atoms with E-state index in [-0.39, 0.29) is 17.4 Å². The summed E-state index contributed by atoms with van der Waals surface area (Å²) in [6.07, 6.45) is 0.981. The van der Waals surface area contributed by atoms with E-state index in [1.54, 1.807) is 7.11 Å². The molecule has 0 bridgehead atoms. The van der Waals surface area contributed by atoms with Gasteiger partial charge in [0.05, 0.1) is 13.2 Å². The standard InChI is InChI=1S/C18H28N2O2/c1-12-10-14(13-6-8-15(22-5)9-7-13)11-20(12)17(21)16(19)18(2,3)4/h6-9,12,14,16H,10-11,19H2,1-5H3/t12-,14+,16-/m1/s1. The summed E-state index contributed by atoms with van der Waals surface area (Å²) < 4.78 is 5.20. The number of amides is 1. The highest BCUT2D eigenvalue weighted by molar-refractivity contribution is 5.83. The van der Waals surface area contributed by atoms with Crippen LogP contribution in [0.5, 0.6) is 5.75 Å². The van der Waals surface area contributed by atoms with E-state index in [1.165, 1.54) is 5.56 Å². The van der Waals surface area contributed by atoms with E-state index in [1.807, 2.05) is 37.8 Å². The topological polar surface area (TPSA) is 55.6 Å². The first kappa shape index (κ1) is 16.8. The second-order valence-electron chi connectivity index (χ2n) is 7.39. The molecule has 122 valence electrons. The number of likely N-dealkylation sites (tertiary alicyclic amines) is 1. The molecule has 2 rings (SSSR count). The lowest BCUT2D eigenvalue weighted by Crippen LogP contribution is -2.51. The van der Waals surface area contributed by atoms with Crippen LogP contribution in [0.1, 0.15) is 45.6 Å². The Balaban J connectivity index is 2.10. The molecule has 0 radical (unpaired) electrons. The minimum atomic E-state index is -0.454. The van der Waals surface area contributed by atoms with E-state index in [0.717, 1.165) is 18.7 Å². The van der Waals surface area contributed by atoms with E-state index < -0.39 is 6.04 Å². The lowest BCUT2D eigenvalue weighted by molar-refractivity contribution is -0.135. The van der Waals surface area contributed by atoms with Crippen LogP contribution < -0.4 is 10.5 Å². The summed E-state index contributed by atoms with van der Waals surface area (Å²) in [7, 11) is 1.67. The van der Waals surface area contributed by atoms with Gasteiger partial charge in [-0.05, 0) is 36.5 Å². The van der Waals surface area contributed by atoms with E-state index in [2.05, 4.69) is 19.1 Å². The molecule has 3 atom stereocenters.